The summed E-state index contributed by atoms with van der Waals surface area (Å²) in [6, 6.07) is 18.5. The number of benzene rings is 2. The number of nitrogens with one attached hydrogen (secondary N) is 1. The highest BCUT2D eigenvalue weighted by Crippen LogP contribution is 2.32. The lowest BCUT2D eigenvalue weighted by Crippen LogP contribution is -2.50. The van der Waals surface area contributed by atoms with Crippen LogP contribution in [0, 0.1) is 0 Å². The number of methoxy groups -OCH3 is 1. The first kappa shape index (κ1) is 17.7. The van der Waals surface area contributed by atoms with Crippen LogP contribution in [-0.4, -0.2) is 25.0 Å². The number of carbonyl (C=O) groups is 2. The van der Waals surface area contributed by atoms with Gasteiger partial charge >= 0.3 is 5.97 Å². The van der Waals surface area contributed by atoms with Gasteiger partial charge in [0.1, 0.15) is 6.04 Å². The predicted molar refractivity (Wildman–Crippen MR) is 93.6 cm³/mol. The van der Waals surface area contributed by atoms with E-state index in [0.717, 1.165) is 11.1 Å². The van der Waals surface area contributed by atoms with Crippen molar-refractivity contribution in [3.63, 3.8) is 0 Å². The standard InChI is InChI=1S/C20H23NO3/c1-4-17(18(22)24-3)21-19(23)20(2,15-11-7-5-8-12-15)16-13-9-6-10-14-16/h5-14,17H,4H2,1-3H3,(H,21,23)/t17-/m0/s1. The van der Waals surface area contributed by atoms with Gasteiger partial charge in [-0.25, -0.2) is 4.79 Å². The summed E-state index contributed by atoms with van der Waals surface area (Å²) in [7, 11) is 1.32. The first-order valence-electron chi connectivity index (χ1n) is 8.03. The highest BCUT2D eigenvalue weighted by molar-refractivity contribution is 5.94. The molecule has 0 fully saturated rings. The first-order valence-corrected chi connectivity index (χ1v) is 8.03. The molecule has 0 aliphatic heterocycles. The van der Waals surface area contributed by atoms with Gasteiger partial charge in [-0.15, -0.1) is 0 Å². The number of ether oxygens (including phenoxy) is 1. The first-order chi connectivity index (χ1) is 11.5. The molecule has 0 saturated heterocycles. The smallest absolute Gasteiger partial charge is 0.328 e. The van der Waals surface area contributed by atoms with Crippen molar-refractivity contribution in [3.8, 4) is 0 Å². The Kier molecular flexibility index (Phi) is 5.74. The summed E-state index contributed by atoms with van der Waals surface area (Å²) in [4.78, 5) is 25.0. The van der Waals surface area contributed by atoms with Crippen LogP contribution >= 0.6 is 0 Å². The fraction of sp³-hybridized carbons (Fsp3) is 0.300. The Balaban J connectivity index is 2.44. The van der Waals surface area contributed by atoms with Crippen molar-refractivity contribution in [1.82, 2.24) is 5.32 Å². The van der Waals surface area contributed by atoms with Crippen LogP contribution in [0.4, 0.5) is 0 Å². The average molecular weight is 325 g/mol. The molecule has 24 heavy (non-hydrogen) atoms. The highest BCUT2D eigenvalue weighted by Gasteiger charge is 2.38. The maximum atomic E-state index is 13.1. The monoisotopic (exact) mass is 325 g/mol. The van der Waals surface area contributed by atoms with Gasteiger partial charge in [0, 0.05) is 0 Å². The van der Waals surface area contributed by atoms with Crippen molar-refractivity contribution < 1.29 is 14.3 Å². The van der Waals surface area contributed by atoms with Gasteiger partial charge < -0.3 is 10.1 Å². The Morgan fingerprint density at radius 1 is 1.00 bits per heavy atom. The van der Waals surface area contributed by atoms with E-state index in [2.05, 4.69) is 5.32 Å². The third kappa shape index (κ3) is 3.48. The fourth-order valence-corrected chi connectivity index (χ4v) is 2.74. The second kappa shape index (κ2) is 7.77. The minimum Gasteiger partial charge on any atom is -0.467 e. The van der Waals surface area contributed by atoms with Crippen LogP contribution in [0.15, 0.2) is 60.7 Å². The van der Waals surface area contributed by atoms with E-state index in [1.807, 2.05) is 74.5 Å². The van der Waals surface area contributed by atoms with Crippen LogP contribution in [0.5, 0.6) is 0 Å². The number of amides is 1. The molecule has 2 aromatic rings. The molecule has 0 unspecified atom stereocenters. The lowest BCUT2D eigenvalue weighted by molar-refractivity contribution is -0.145. The molecule has 1 atom stereocenters. The lowest BCUT2D eigenvalue weighted by atomic mass is 9.75. The number of hydrogen-bond acceptors (Lipinski definition) is 3. The van der Waals surface area contributed by atoms with Crippen molar-refractivity contribution in [2.75, 3.05) is 7.11 Å². The zero-order valence-electron chi connectivity index (χ0n) is 14.3. The van der Waals surface area contributed by atoms with Gasteiger partial charge in [-0.1, -0.05) is 67.6 Å². The minimum atomic E-state index is -0.899. The van der Waals surface area contributed by atoms with Crippen molar-refractivity contribution in [2.24, 2.45) is 0 Å². The van der Waals surface area contributed by atoms with E-state index in [1.54, 1.807) is 0 Å². The van der Waals surface area contributed by atoms with Crippen LogP contribution in [0.2, 0.25) is 0 Å². The molecular weight excluding hydrogens is 302 g/mol. The summed E-state index contributed by atoms with van der Waals surface area (Å²) in [5, 5.41) is 2.84. The van der Waals surface area contributed by atoms with Crippen molar-refractivity contribution in [3.05, 3.63) is 71.8 Å². The second-order valence-corrected chi connectivity index (χ2v) is 5.81. The number of rotatable bonds is 6. The van der Waals surface area contributed by atoms with Crippen molar-refractivity contribution in [2.45, 2.75) is 31.7 Å². The van der Waals surface area contributed by atoms with E-state index in [-0.39, 0.29) is 5.91 Å². The Morgan fingerprint density at radius 3 is 1.83 bits per heavy atom. The highest BCUT2D eigenvalue weighted by atomic mass is 16.5. The number of hydrogen-bond donors (Lipinski definition) is 1. The molecule has 4 heteroatoms. The minimum absolute atomic E-state index is 0.225. The molecule has 0 heterocycles. The quantitative estimate of drug-likeness (QED) is 0.831. The van der Waals surface area contributed by atoms with Crippen molar-refractivity contribution in [1.29, 1.82) is 0 Å². The molecule has 1 N–H and O–H groups in total. The molecule has 0 aliphatic carbocycles. The maximum Gasteiger partial charge on any atom is 0.328 e. The fourth-order valence-electron chi connectivity index (χ4n) is 2.74. The summed E-state index contributed by atoms with van der Waals surface area (Å²) in [6.07, 6.45) is 0.470. The normalized spacial score (nSPS) is 12.3. The molecule has 0 aromatic heterocycles. The molecule has 0 aliphatic rings. The van der Waals surface area contributed by atoms with E-state index in [4.69, 9.17) is 4.74 Å². The molecule has 0 bridgehead atoms. The van der Waals surface area contributed by atoms with Crippen LogP contribution in [0.25, 0.3) is 0 Å². The average Bonchev–Trinajstić information content (AvgIpc) is 2.65. The van der Waals surface area contributed by atoms with Gasteiger partial charge in [-0.05, 0) is 24.5 Å². The largest absolute Gasteiger partial charge is 0.467 e. The molecule has 4 nitrogen and oxygen atoms in total. The lowest BCUT2D eigenvalue weighted by Gasteiger charge is -2.31. The Morgan fingerprint density at radius 2 is 1.46 bits per heavy atom. The molecule has 126 valence electrons. The van der Waals surface area contributed by atoms with E-state index in [9.17, 15) is 9.59 Å². The van der Waals surface area contributed by atoms with Gasteiger partial charge in [0.2, 0.25) is 5.91 Å². The van der Waals surface area contributed by atoms with Crippen LogP contribution in [0.1, 0.15) is 31.4 Å². The summed E-state index contributed by atoms with van der Waals surface area (Å²) in [6.45, 7) is 3.71. The third-order valence-electron chi connectivity index (χ3n) is 4.36. The van der Waals surface area contributed by atoms with Crippen LogP contribution in [0.3, 0.4) is 0 Å². The van der Waals surface area contributed by atoms with E-state index >= 15 is 0 Å². The molecule has 2 rings (SSSR count). The summed E-state index contributed by atoms with van der Waals surface area (Å²) in [5.74, 6) is -0.661. The molecule has 2 aromatic carbocycles. The van der Waals surface area contributed by atoms with E-state index in [0.29, 0.717) is 6.42 Å². The van der Waals surface area contributed by atoms with E-state index in [1.165, 1.54) is 7.11 Å². The predicted octanol–water partition coefficient (Wildman–Crippen LogP) is 3.06. The summed E-state index contributed by atoms with van der Waals surface area (Å²) in [5.41, 5.74) is 0.839. The van der Waals surface area contributed by atoms with Crippen LogP contribution < -0.4 is 5.32 Å². The third-order valence-corrected chi connectivity index (χ3v) is 4.36. The van der Waals surface area contributed by atoms with E-state index < -0.39 is 17.4 Å². The zero-order chi connectivity index (χ0) is 17.6. The van der Waals surface area contributed by atoms with Crippen molar-refractivity contribution >= 4 is 11.9 Å². The van der Waals surface area contributed by atoms with Gasteiger partial charge in [-0.2, -0.15) is 0 Å². The topological polar surface area (TPSA) is 55.4 Å². The molecule has 0 saturated carbocycles. The molecule has 1 amide bonds. The number of esters is 1. The molecule has 0 spiro atoms. The van der Waals surface area contributed by atoms with Gasteiger partial charge in [0.05, 0.1) is 12.5 Å². The Labute approximate surface area is 142 Å². The Bertz CT molecular complexity index is 643. The maximum absolute atomic E-state index is 13.1. The summed E-state index contributed by atoms with van der Waals surface area (Å²) >= 11 is 0. The zero-order valence-corrected chi connectivity index (χ0v) is 14.3. The van der Waals surface area contributed by atoms with Gasteiger partial charge in [-0.3, -0.25) is 4.79 Å². The number of carbonyl (C=O) groups excluding carboxylic acids is 2. The molecular formula is C20H23NO3. The SMILES string of the molecule is CC[C@H](NC(=O)C(C)(c1ccccc1)c1ccccc1)C(=O)OC. The second-order valence-electron chi connectivity index (χ2n) is 5.81. The molecule has 0 radical (unpaired) electrons. The Hall–Kier alpha value is -2.62. The van der Waals surface area contributed by atoms with Crippen LogP contribution in [-0.2, 0) is 19.7 Å². The summed E-state index contributed by atoms with van der Waals surface area (Å²) < 4.78 is 4.77. The van der Waals surface area contributed by atoms with Gasteiger partial charge in [0.15, 0.2) is 0 Å². The van der Waals surface area contributed by atoms with Gasteiger partial charge in [0.25, 0.3) is 0 Å².